The van der Waals surface area contributed by atoms with Gasteiger partial charge in [-0.25, -0.2) is 4.79 Å². The van der Waals surface area contributed by atoms with Crippen molar-refractivity contribution in [2.45, 2.75) is 13.5 Å². The summed E-state index contributed by atoms with van der Waals surface area (Å²) in [6, 6.07) is 20.6. The summed E-state index contributed by atoms with van der Waals surface area (Å²) in [5.74, 6) is -1.42. The molecule has 0 unspecified atom stereocenters. The summed E-state index contributed by atoms with van der Waals surface area (Å²) in [5, 5.41) is 11.3. The normalized spacial score (nSPS) is 14.2. The van der Waals surface area contributed by atoms with Crippen molar-refractivity contribution in [2.75, 3.05) is 11.9 Å². The zero-order valence-corrected chi connectivity index (χ0v) is 20.1. The van der Waals surface area contributed by atoms with Crippen molar-refractivity contribution in [1.82, 2.24) is 4.90 Å². The van der Waals surface area contributed by atoms with Crippen molar-refractivity contribution in [3.63, 3.8) is 0 Å². The molecule has 0 aromatic heterocycles. The van der Waals surface area contributed by atoms with E-state index in [9.17, 15) is 19.2 Å². The largest absolute Gasteiger partial charge is 0.489 e. The van der Waals surface area contributed by atoms with Gasteiger partial charge in [0.1, 0.15) is 18.9 Å². The monoisotopic (exact) mass is 502 g/mol. The van der Waals surface area contributed by atoms with Gasteiger partial charge in [-0.15, -0.1) is 0 Å². The van der Waals surface area contributed by atoms with Crippen LogP contribution in [0.2, 0.25) is 0 Å². The van der Waals surface area contributed by atoms with Gasteiger partial charge in [-0.1, -0.05) is 42.0 Å². The molecule has 3 aromatic carbocycles. The Balaban J connectivity index is 1.35. The molecule has 1 fully saturated rings. The fraction of sp³-hybridized carbons (Fsp3) is 0.111. The SMILES string of the molecule is Cc1ccc(NC(=O)CN2C(=O)SC(=Cc3ccc(OCc4cccc(C(=O)O)c4)cc3)C2=O)cc1. The van der Waals surface area contributed by atoms with Gasteiger partial charge in [0.15, 0.2) is 0 Å². The molecule has 4 rings (SSSR count). The van der Waals surface area contributed by atoms with E-state index in [2.05, 4.69) is 5.32 Å². The molecule has 0 saturated carbocycles. The highest BCUT2D eigenvalue weighted by molar-refractivity contribution is 8.18. The zero-order valence-electron chi connectivity index (χ0n) is 19.3. The first-order valence-corrected chi connectivity index (χ1v) is 11.8. The fourth-order valence-corrected chi connectivity index (χ4v) is 4.23. The third-order valence-electron chi connectivity index (χ3n) is 5.27. The van der Waals surface area contributed by atoms with Crippen LogP contribution in [-0.4, -0.2) is 39.6 Å². The minimum absolute atomic E-state index is 0.188. The molecule has 182 valence electrons. The van der Waals surface area contributed by atoms with Crippen molar-refractivity contribution in [3.05, 3.63) is 100.0 Å². The van der Waals surface area contributed by atoms with Gasteiger partial charge in [0.25, 0.3) is 11.1 Å². The fourth-order valence-electron chi connectivity index (χ4n) is 3.39. The molecule has 36 heavy (non-hydrogen) atoms. The third kappa shape index (κ3) is 6.19. The van der Waals surface area contributed by atoms with Gasteiger partial charge in [-0.05, 0) is 72.3 Å². The van der Waals surface area contributed by atoms with Gasteiger partial charge in [0.2, 0.25) is 5.91 Å². The lowest BCUT2D eigenvalue weighted by molar-refractivity contribution is -0.127. The number of aryl methyl sites for hydroxylation is 1. The highest BCUT2D eigenvalue weighted by atomic mass is 32.2. The first kappa shape index (κ1) is 24.7. The molecule has 8 nitrogen and oxygen atoms in total. The number of imide groups is 1. The number of anilines is 1. The molecule has 9 heteroatoms. The van der Waals surface area contributed by atoms with Crippen LogP contribution in [0.15, 0.2) is 77.7 Å². The summed E-state index contributed by atoms with van der Waals surface area (Å²) < 4.78 is 5.71. The Bertz CT molecular complexity index is 1350. The highest BCUT2D eigenvalue weighted by Crippen LogP contribution is 2.32. The van der Waals surface area contributed by atoms with Gasteiger partial charge in [0, 0.05) is 5.69 Å². The van der Waals surface area contributed by atoms with Gasteiger partial charge in [0.05, 0.1) is 10.5 Å². The maximum atomic E-state index is 12.7. The van der Waals surface area contributed by atoms with E-state index in [4.69, 9.17) is 9.84 Å². The molecule has 2 N–H and O–H groups in total. The van der Waals surface area contributed by atoms with Crippen LogP contribution in [0, 0.1) is 6.92 Å². The number of carboxylic acid groups (broad SMARTS) is 1. The Morgan fingerprint density at radius 3 is 2.44 bits per heavy atom. The Hall–Kier alpha value is -4.37. The van der Waals surface area contributed by atoms with Crippen molar-refractivity contribution in [2.24, 2.45) is 0 Å². The van der Waals surface area contributed by atoms with Crippen molar-refractivity contribution in [3.8, 4) is 5.75 Å². The maximum absolute atomic E-state index is 12.7. The number of amides is 3. The van der Waals surface area contributed by atoms with E-state index < -0.39 is 23.0 Å². The second-order valence-electron chi connectivity index (χ2n) is 8.05. The molecular weight excluding hydrogens is 480 g/mol. The van der Waals surface area contributed by atoms with Crippen LogP contribution < -0.4 is 10.1 Å². The van der Waals surface area contributed by atoms with Crippen LogP contribution in [0.5, 0.6) is 5.75 Å². The number of nitrogens with one attached hydrogen (secondary N) is 1. The Labute approximate surface area is 211 Å². The lowest BCUT2D eigenvalue weighted by Gasteiger charge is -2.12. The molecule has 1 heterocycles. The van der Waals surface area contributed by atoms with Crippen LogP contribution in [-0.2, 0) is 16.2 Å². The number of thioether (sulfide) groups is 1. The lowest BCUT2D eigenvalue weighted by Crippen LogP contribution is -2.36. The average molecular weight is 503 g/mol. The molecule has 0 aliphatic carbocycles. The first-order chi connectivity index (χ1) is 17.3. The minimum Gasteiger partial charge on any atom is -0.489 e. The molecule has 1 aliphatic rings. The Morgan fingerprint density at radius 2 is 1.75 bits per heavy atom. The van der Waals surface area contributed by atoms with E-state index in [0.717, 1.165) is 27.8 Å². The molecular formula is C27H22N2O6S. The summed E-state index contributed by atoms with van der Waals surface area (Å²) >= 11 is 0.782. The number of rotatable bonds is 8. The van der Waals surface area contributed by atoms with E-state index >= 15 is 0 Å². The summed E-state index contributed by atoms with van der Waals surface area (Å²) in [6.07, 6.45) is 1.59. The Kier molecular flexibility index (Phi) is 7.50. The number of carbonyl (C=O) groups is 4. The van der Waals surface area contributed by atoms with Gasteiger partial charge in [-0.3, -0.25) is 19.3 Å². The first-order valence-electron chi connectivity index (χ1n) is 11.0. The maximum Gasteiger partial charge on any atom is 0.335 e. The summed E-state index contributed by atoms with van der Waals surface area (Å²) in [4.78, 5) is 49.6. The Morgan fingerprint density at radius 1 is 1.03 bits per heavy atom. The van der Waals surface area contributed by atoms with E-state index in [1.54, 1.807) is 60.7 Å². The van der Waals surface area contributed by atoms with Gasteiger partial charge >= 0.3 is 5.97 Å². The molecule has 1 saturated heterocycles. The van der Waals surface area contributed by atoms with Gasteiger partial charge in [-0.2, -0.15) is 0 Å². The van der Waals surface area contributed by atoms with E-state index in [1.807, 2.05) is 19.1 Å². The van der Waals surface area contributed by atoms with Crippen LogP contribution in [0.25, 0.3) is 6.08 Å². The third-order valence-corrected chi connectivity index (χ3v) is 6.18. The summed E-state index contributed by atoms with van der Waals surface area (Å²) in [6.45, 7) is 1.76. The number of aromatic carboxylic acids is 1. The molecule has 3 aromatic rings. The van der Waals surface area contributed by atoms with E-state index in [1.165, 1.54) is 6.07 Å². The number of carboxylic acids is 1. The molecule has 0 bridgehead atoms. The second-order valence-corrected chi connectivity index (χ2v) is 9.04. The lowest BCUT2D eigenvalue weighted by atomic mass is 10.1. The number of hydrogen-bond acceptors (Lipinski definition) is 6. The predicted molar refractivity (Wildman–Crippen MR) is 137 cm³/mol. The van der Waals surface area contributed by atoms with Crippen LogP contribution in [0.1, 0.15) is 27.0 Å². The van der Waals surface area contributed by atoms with Crippen LogP contribution in [0.4, 0.5) is 10.5 Å². The van der Waals surface area contributed by atoms with Gasteiger partial charge < -0.3 is 15.2 Å². The summed E-state index contributed by atoms with van der Waals surface area (Å²) in [5.41, 5.74) is 3.23. The number of benzene rings is 3. The van der Waals surface area contributed by atoms with Crippen molar-refractivity contribution < 1.29 is 29.0 Å². The smallest absolute Gasteiger partial charge is 0.335 e. The van der Waals surface area contributed by atoms with Crippen LogP contribution in [0.3, 0.4) is 0 Å². The topological polar surface area (TPSA) is 113 Å². The average Bonchev–Trinajstić information content (AvgIpc) is 3.12. The molecule has 3 amide bonds. The zero-order chi connectivity index (χ0) is 25.7. The second kappa shape index (κ2) is 10.9. The minimum atomic E-state index is -1.00. The molecule has 0 spiro atoms. The quantitative estimate of drug-likeness (QED) is 0.419. The van der Waals surface area contributed by atoms with Crippen LogP contribution >= 0.6 is 11.8 Å². The van der Waals surface area contributed by atoms with E-state index in [0.29, 0.717) is 17.0 Å². The number of carbonyl (C=O) groups excluding carboxylic acids is 3. The molecule has 1 aliphatic heterocycles. The molecule has 0 radical (unpaired) electrons. The highest BCUT2D eigenvalue weighted by Gasteiger charge is 2.36. The number of hydrogen-bond donors (Lipinski definition) is 2. The standard InChI is InChI=1S/C27H22N2O6S/c1-17-5-9-21(10-6-17)28-24(30)15-29-25(31)23(36-27(29)34)14-18-7-11-22(12-8-18)35-16-19-3-2-4-20(13-19)26(32)33/h2-14H,15-16H2,1H3,(H,28,30)(H,32,33). The number of ether oxygens (including phenoxy) is 1. The summed E-state index contributed by atoms with van der Waals surface area (Å²) in [7, 11) is 0. The van der Waals surface area contributed by atoms with Crippen molar-refractivity contribution in [1.29, 1.82) is 0 Å². The molecule has 0 atom stereocenters. The number of nitrogens with zero attached hydrogens (tertiary/aromatic N) is 1. The van der Waals surface area contributed by atoms with Crippen molar-refractivity contribution >= 4 is 46.5 Å². The predicted octanol–water partition coefficient (Wildman–Crippen LogP) is 4.95. The van der Waals surface area contributed by atoms with E-state index in [-0.39, 0.29) is 23.6 Å².